The van der Waals surface area contributed by atoms with Gasteiger partial charge in [0.25, 0.3) is 0 Å². The Kier molecular flexibility index (Phi) is 8.81. The number of nitrogens with one attached hydrogen (secondary N) is 1. The molecule has 214 valence electrons. The number of benzene rings is 1. The molecule has 0 spiro atoms. The van der Waals surface area contributed by atoms with Crippen molar-refractivity contribution in [3.63, 3.8) is 0 Å². The van der Waals surface area contributed by atoms with Gasteiger partial charge in [-0.25, -0.2) is 4.98 Å². The minimum Gasteiger partial charge on any atom is -0.497 e. The van der Waals surface area contributed by atoms with Crippen LogP contribution in [0.5, 0.6) is 11.5 Å². The molecule has 2 aromatic rings. The number of thiazole rings is 1. The van der Waals surface area contributed by atoms with Crippen LogP contribution in [-0.4, -0.2) is 73.5 Å². The van der Waals surface area contributed by atoms with Crippen LogP contribution in [0.25, 0.3) is 0 Å². The van der Waals surface area contributed by atoms with E-state index in [1.54, 1.807) is 18.4 Å². The zero-order valence-corrected chi connectivity index (χ0v) is 24.5. The molecule has 2 fully saturated rings. The molecular formula is C30H43N3O5S. The van der Waals surface area contributed by atoms with Crippen molar-refractivity contribution in [1.82, 2.24) is 15.2 Å². The van der Waals surface area contributed by atoms with Gasteiger partial charge in [0, 0.05) is 42.9 Å². The lowest BCUT2D eigenvalue weighted by molar-refractivity contribution is -0.134. The van der Waals surface area contributed by atoms with E-state index in [4.69, 9.17) is 19.2 Å². The fraction of sp³-hybridized carbons (Fsp3) is 0.667. The van der Waals surface area contributed by atoms with Crippen LogP contribution in [0, 0.1) is 23.2 Å². The molecule has 3 aliphatic rings. The van der Waals surface area contributed by atoms with Crippen molar-refractivity contribution in [3.05, 3.63) is 39.8 Å². The summed E-state index contributed by atoms with van der Waals surface area (Å²) in [6.07, 6.45) is 2.25. The number of hydrogen-bond donors (Lipinski definition) is 2. The lowest BCUT2D eigenvalue weighted by Crippen LogP contribution is -2.53. The standard InChI is InChI=1S/C30H43N3O5S/c1-19(29(35)31-11-12-33-13-15-37-16-14-33)23-9-10-30(3)17-24-27(20(2)26(30)28(23)34)32-25(39-24)18-38-22-7-5-21(36-4)6-8-22/h5-8,19-20,23,26,28,34H,9-18H2,1-4H3,(H,31,35)/t19-,20-,23-,26+,28-,30-/m0/s1. The quantitative estimate of drug-likeness (QED) is 0.484. The van der Waals surface area contributed by atoms with Crippen molar-refractivity contribution < 1.29 is 24.1 Å². The molecule has 1 aromatic carbocycles. The number of aliphatic hydroxyl groups excluding tert-OH is 1. The number of aliphatic hydroxyl groups is 1. The third kappa shape index (κ3) is 6.11. The summed E-state index contributed by atoms with van der Waals surface area (Å²) in [5.74, 6) is 1.55. The van der Waals surface area contributed by atoms with Gasteiger partial charge in [0.1, 0.15) is 23.1 Å². The number of morpholine rings is 1. The first-order valence-electron chi connectivity index (χ1n) is 14.3. The largest absolute Gasteiger partial charge is 0.497 e. The second kappa shape index (κ2) is 12.1. The molecule has 0 bridgehead atoms. The van der Waals surface area contributed by atoms with Crippen LogP contribution in [0.2, 0.25) is 0 Å². The molecule has 0 radical (unpaired) electrons. The number of nitrogens with zero attached hydrogens (tertiary/aromatic N) is 2. The Morgan fingerprint density at radius 2 is 2.00 bits per heavy atom. The van der Waals surface area contributed by atoms with E-state index < -0.39 is 6.10 Å². The Morgan fingerprint density at radius 3 is 2.72 bits per heavy atom. The summed E-state index contributed by atoms with van der Waals surface area (Å²) >= 11 is 1.74. The SMILES string of the molecule is COc1ccc(OCc2nc3c(s2)C[C@]2(C)CC[C@@H]([C@H](C)C(=O)NCCN4CCOCC4)[C@H](O)[C@H]2[C@@H]3C)cc1. The molecule has 2 aliphatic carbocycles. The first-order valence-corrected chi connectivity index (χ1v) is 15.1. The molecule has 39 heavy (non-hydrogen) atoms. The second-order valence-corrected chi connectivity index (χ2v) is 12.9. The Balaban J connectivity index is 1.21. The van der Waals surface area contributed by atoms with Crippen molar-refractivity contribution >= 4 is 17.2 Å². The summed E-state index contributed by atoms with van der Waals surface area (Å²) in [5.41, 5.74) is 1.09. The average molecular weight is 558 g/mol. The monoisotopic (exact) mass is 557 g/mol. The van der Waals surface area contributed by atoms with Crippen LogP contribution >= 0.6 is 11.3 Å². The molecule has 1 saturated carbocycles. The lowest BCUT2D eigenvalue weighted by atomic mass is 9.53. The maximum Gasteiger partial charge on any atom is 0.223 e. The Morgan fingerprint density at radius 1 is 1.28 bits per heavy atom. The van der Waals surface area contributed by atoms with Gasteiger partial charge in [-0.3, -0.25) is 9.69 Å². The van der Waals surface area contributed by atoms with Crippen LogP contribution in [0.15, 0.2) is 24.3 Å². The van der Waals surface area contributed by atoms with Crippen molar-refractivity contribution in [1.29, 1.82) is 0 Å². The maximum atomic E-state index is 13.1. The summed E-state index contributed by atoms with van der Waals surface area (Å²) in [6.45, 7) is 11.7. The summed E-state index contributed by atoms with van der Waals surface area (Å²) in [5, 5.41) is 15.8. The highest BCUT2D eigenvalue weighted by atomic mass is 32.1. The highest BCUT2D eigenvalue weighted by Gasteiger charge is 2.53. The first-order chi connectivity index (χ1) is 18.8. The van der Waals surface area contributed by atoms with Crippen LogP contribution in [0.3, 0.4) is 0 Å². The van der Waals surface area contributed by atoms with Crippen LogP contribution in [0.1, 0.15) is 55.1 Å². The van der Waals surface area contributed by atoms with Gasteiger partial charge in [-0.15, -0.1) is 11.3 Å². The number of aromatic nitrogens is 1. The van der Waals surface area contributed by atoms with Crippen molar-refractivity contribution in [2.24, 2.45) is 23.2 Å². The molecular weight excluding hydrogens is 514 g/mol. The molecule has 2 N–H and O–H groups in total. The Labute approximate surface area is 236 Å². The predicted molar refractivity (Wildman–Crippen MR) is 151 cm³/mol. The maximum absolute atomic E-state index is 13.1. The van der Waals surface area contributed by atoms with E-state index in [1.807, 2.05) is 31.2 Å². The zero-order chi connectivity index (χ0) is 27.6. The second-order valence-electron chi connectivity index (χ2n) is 11.8. The number of rotatable bonds is 9. The first kappa shape index (κ1) is 28.3. The fourth-order valence-electron chi connectivity index (χ4n) is 6.99. The van der Waals surface area contributed by atoms with Crippen LogP contribution in [-0.2, 0) is 22.6 Å². The third-order valence-corrected chi connectivity index (χ3v) is 10.3. The number of carbonyl (C=O) groups excluding carboxylic acids is 1. The van der Waals surface area contributed by atoms with Gasteiger partial charge < -0.3 is 24.6 Å². The average Bonchev–Trinajstić information content (AvgIpc) is 3.35. The predicted octanol–water partition coefficient (Wildman–Crippen LogP) is 3.87. The van der Waals surface area contributed by atoms with Crippen molar-refractivity contribution in [3.8, 4) is 11.5 Å². The smallest absolute Gasteiger partial charge is 0.223 e. The number of methoxy groups -OCH3 is 1. The number of ether oxygens (including phenoxy) is 3. The normalized spacial score (nSPS) is 29.7. The van der Waals surface area contributed by atoms with Gasteiger partial charge in [-0.2, -0.15) is 0 Å². The summed E-state index contributed by atoms with van der Waals surface area (Å²) in [6, 6.07) is 7.58. The van der Waals surface area contributed by atoms with E-state index in [9.17, 15) is 9.90 Å². The number of fused-ring (bicyclic) bond motifs is 2. The zero-order valence-electron chi connectivity index (χ0n) is 23.7. The fourth-order valence-corrected chi connectivity index (χ4v) is 8.28. The molecule has 8 nitrogen and oxygen atoms in total. The summed E-state index contributed by atoms with van der Waals surface area (Å²) < 4.78 is 16.6. The number of amides is 1. The van der Waals surface area contributed by atoms with Crippen LogP contribution in [0.4, 0.5) is 0 Å². The number of carbonyl (C=O) groups is 1. The molecule has 5 rings (SSSR count). The van der Waals surface area contributed by atoms with E-state index in [1.165, 1.54) is 4.88 Å². The van der Waals surface area contributed by atoms with Crippen LogP contribution < -0.4 is 14.8 Å². The third-order valence-electron chi connectivity index (χ3n) is 9.27. The highest BCUT2D eigenvalue weighted by molar-refractivity contribution is 7.11. The van der Waals surface area contributed by atoms with E-state index in [0.717, 1.165) is 74.3 Å². The topological polar surface area (TPSA) is 93.2 Å². The van der Waals surface area contributed by atoms with Crippen molar-refractivity contribution in [2.45, 2.75) is 58.7 Å². The van der Waals surface area contributed by atoms with E-state index in [2.05, 4.69) is 24.1 Å². The lowest BCUT2D eigenvalue weighted by Gasteiger charge is -2.53. The van der Waals surface area contributed by atoms with Gasteiger partial charge in [0.2, 0.25) is 5.91 Å². The molecule has 1 saturated heterocycles. The van der Waals surface area contributed by atoms with Gasteiger partial charge in [0.05, 0.1) is 32.1 Å². The molecule has 6 atom stereocenters. The van der Waals surface area contributed by atoms with Gasteiger partial charge in [-0.1, -0.05) is 20.8 Å². The molecule has 1 aliphatic heterocycles. The molecule has 1 aromatic heterocycles. The minimum absolute atomic E-state index is 0.00446. The Hall–Kier alpha value is -2.20. The van der Waals surface area contributed by atoms with E-state index in [0.29, 0.717) is 13.2 Å². The molecule has 9 heteroatoms. The number of hydrogen-bond acceptors (Lipinski definition) is 8. The van der Waals surface area contributed by atoms with Gasteiger partial charge in [-0.05, 0) is 60.8 Å². The minimum atomic E-state index is -0.535. The van der Waals surface area contributed by atoms with E-state index >= 15 is 0 Å². The van der Waals surface area contributed by atoms with E-state index in [-0.39, 0.29) is 35.0 Å². The molecule has 1 amide bonds. The summed E-state index contributed by atoms with van der Waals surface area (Å²) in [4.78, 5) is 21.7. The van der Waals surface area contributed by atoms with Crippen molar-refractivity contribution in [2.75, 3.05) is 46.5 Å². The highest BCUT2D eigenvalue weighted by Crippen LogP contribution is 2.57. The molecule has 2 heterocycles. The Bertz CT molecular complexity index is 1120. The summed E-state index contributed by atoms with van der Waals surface area (Å²) in [7, 11) is 1.65. The molecule has 0 unspecified atom stereocenters. The van der Waals surface area contributed by atoms with Gasteiger partial charge in [0.15, 0.2) is 0 Å². The van der Waals surface area contributed by atoms with Gasteiger partial charge >= 0.3 is 0 Å².